The Kier molecular flexibility index (Phi) is 1.17. The van der Waals surface area contributed by atoms with Crippen molar-refractivity contribution in [1.29, 1.82) is 0 Å². The van der Waals surface area contributed by atoms with Crippen LogP contribution in [0.25, 0.3) is 0 Å². The van der Waals surface area contributed by atoms with E-state index in [2.05, 4.69) is 13.8 Å². The fraction of sp³-hybridized carbons (Fsp3) is 1.00. The van der Waals surface area contributed by atoms with Crippen LogP contribution >= 0.6 is 0 Å². The van der Waals surface area contributed by atoms with E-state index in [1.807, 2.05) is 0 Å². The molecule has 0 aromatic heterocycles. The van der Waals surface area contributed by atoms with Gasteiger partial charge < -0.3 is 5.73 Å². The van der Waals surface area contributed by atoms with Crippen molar-refractivity contribution in [2.24, 2.45) is 28.9 Å². The van der Waals surface area contributed by atoms with Crippen molar-refractivity contribution in [3.05, 3.63) is 0 Å². The fourth-order valence-corrected chi connectivity index (χ4v) is 2.69. The van der Waals surface area contributed by atoms with Crippen molar-refractivity contribution in [1.82, 2.24) is 0 Å². The molecule has 2 rings (SSSR count). The molecule has 0 amide bonds. The topological polar surface area (TPSA) is 26.0 Å². The summed E-state index contributed by atoms with van der Waals surface area (Å²) in [6.07, 6.45) is 2.89. The lowest BCUT2D eigenvalue weighted by atomic mass is 9.77. The molecular formula is C9H17N. The lowest BCUT2D eigenvalue weighted by Crippen LogP contribution is -2.31. The van der Waals surface area contributed by atoms with Gasteiger partial charge in [0.25, 0.3) is 0 Å². The van der Waals surface area contributed by atoms with Crippen molar-refractivity contribution < 1.29 is 0 Å². The van der Waals surface area contributed by atoms with E-state index < -0.39 is 0 Å². The van der Waals surface area contributed by atoms with E-state index in [1.165, 1.54) is 12.8 Å². The van der Waals surface area contributed by atoms with Crippen LogP contribution in [0, 0.1) is 23.2 Å². The third-order valence-electron chi connectivity index (χ3n) is 3.91. The number of rotatable bonds is 1. The molecular weight excluding hydrogens is 122 g/mol. The molecule has 0 bridgehead atoms. The highest BCUT2D eigenvalue weighted by Gasteiger charge is 2.56. The van der Waals surface area contributed by atoms with Crippen LogP contribution in [0.2, 0.25) is 0 Å². The highest BCUT2D eigenvalue weighted by molar-refractivity contribution is 5.05. The summed E-state index contributed by atoms with van der Waals surface area (Å²) in [5.41, 5.74) is 6.23. The number of hydrogen-bond donors (Lipinski definition) is 1. The number of fused-ring (bicyclic) bond motifs is 1. The summed E-state index contributed by atoms with van der Waals surface area (Å²) >= 11 is 0. The Morgan fingerprint density at radius 3 is 2.60 bits per heavy atom. The summed E-state index contributed by atoms with van der Waals surface area (Å²) in [7, 11) is 0. The largest absolute Gasteiger partial charge is 0.330 e. The standard InChI is InChI=1S/C9H17N/c1-6-8-3-7(8)4-9(6,2)5-10/h6-8H,3-5,10H2,1-2H3. The highest BCUT2D eigenvalue weighted by Crippen LogP contribution is 2.62. The maximum absolute atomic E-state index is 5.74. The average molecular weight is 139 g/mol. The molecule has 1 heteroatoms. The van der Waals surface area contributed by atoms with Gasteiger partial charge in [-0.1, -0.05) is 13.8 Å². The minimum absolute atomic E-state index is 0.494. The van der Waals surface area contributed by atoms with Gasteiger partial charge in [0.2, 0.25) is 0 Å². The molecule has 2 N–H and O–H groups in total. The molecule has 2 aliphatic carbocycles. The zero-order chi connectivity index (χ0) is 7.35. The normalized spacial score (nSPS) is 58.5. The van der Waals surface area contributed by atoms with Gasteiger partial charge in [-0.3, -0.25) is 0 Å². The molecule has 1 nitrogen and oxygen atoms in total. The molecule has 2 saturated carbocycles. The van der Waals surface area contributed by atoms with Gasteiger partial charge in [-0.15, -0.1) is 0 Å². The van der Waals surface area contributed by atoms with Crippen LogP contribution in [0.15, 0.2) is 0 Å². The van der Waals surface area contributed by atoms with Gasteiger partial charge in [-0.05, 0) is 42.6 Å². The van der Waals surface area contributed by atoms with Gasteiger partial charge in [0, 0.05) is 0 Å². The van der Waals surface area contributed by atoms with E-state index in [-0.39, 0.29) is 0 Å². The van der Waals surface area contributed by atoms with Crippen LogP contribution in [-0.4, -0.2) is 6.54 Å². The van der Waals surface area contributed by atoms with Gasteiger partial charge in [-0.2, -0.15) is 0 Å². The van der Waals surface area contributed by atoms with E-state index in [0.717, 1.165) is 24.3 Å². The monoisotopic (exact) mass is 139 g/mol. The zero-order valence-corrected chi connectivity index (χ0v) is 6.93. The molecule has 0 heterocycles. The minimum atomic E-state index is 0.494. The molecule has 4 atom stereocenters. The second-order valence-corrected chi connectivity index (χ2v) is 4.51. The smallest absolute Gasteiger partial charge is 0.00204 e. The molecule has 0 aromatic carbocycles. The Labute approximate surface area is 63.0 Å². The second-order valence-electron chi connectivity index (χ2n) is 4.51. The summed E-state index contributed by atoms with van der Waals surface area (Å²) in [5, 5.41) is 0. The second kappa shape index (κ2) is 1.76. The van der Waals surface area contributed by atoms with E-state index in [0.29, 0.717) is 5.41 Å². The van der Waals surface area contributed by atoms with Gasteiger partial charge in [0.1, 0.15) is 0 Å². The van der Waals surface area contributed by atoms with Crippen LogP contribution in [0.1, 0.15) is 26.7 Å². The third kappa shape index (κ3) is 0.672. The first-order valence-electron chi connectivity index (χ1n) is 4.37. The first-order valence-corrected chi connectivity index (χ1v) is 4.37. The van der Waals surface area contributed by atoms with Crippen molar-refractivity contribution in [2.45, 2.75) is 26.7 Å². The Balaban J connectivity index is 2.12. The summed E-state index contributed by atoms with van der Waals surface area (Å²) in [4.78, 5) is 0. The maximum Gasteiger partial charge on any atom is -0.00204 e. The van der Waals surface area contributed by atoms with Crippen LogP contribution in [0.3, 0.4) is 0 Å². The molecule has 2 aliphatic rings. The Hall–Kier alpha value is -0.0400. The quantitative estimate of drug-likeness (QED) is 0.587. The lowest BCUT2D eigenvalue weighted by Gasteiger charge is -2.29. The fourth-order valence-electron chi connectivity index (χ4n) is 2.69. The first kappa shape index (κ1) is 6.66. The number of nitrogens with two attached hydrogens (primary N) is 1. The molecule has 10 heavy (non-hydrogen) atoms. The lowest BCUT2D eigenvalue weighted by molar-refractivity contribution is 0.219. The van der Waals surface area contributed by atoms with Gasteiger partial charge in [0.15, 0.2) is 0 Å². The summed E-state index contributed by atoms with van der Waals surface area (Å²) < 4.78 is 0. The highest BCUT2D eigenvalue weighted by atomic mass is 14.7. The third-order valence-corrected chi connectivity index (χ3v) is 3.91. The first-order chi connectivity index (χ1) is 4.67. The minimum Gasteiger partial charge on any atom is -0.330 e. The van der Waals surface area contributed by atoms with Crippen LogP contribution < -0.4 is 5.73 Å². The molecule has 58 valence electrons. The van der Waals surface area contributed by atoms with Crippen molar-refractivity contribution in [3.63, 3.8) is 0 Å². The maximum atomic E-state index is 5.74. The summed E-state index contributed by atoms with van der Waals surface area (Å²) in [6.45, 7) is 5.62. The molecule has 2 fully saturated rings. The Morgan fingerprint density at radius 1 is 1.60 bits per heavy atom. The summed E-state index contributed by atoms with van der Waals surface area (Å²) in [6, 6.07) is 0. The molecule has 0 aliphatic heterocycles. The summed E-state index contributed by atoms with van der Waals surface area (Å²) in [5.74, 6) is 3.00. The predicted octanol–water partition coefficient (Wildman–Crippen LogP) is 1.63. The molecule has 4 unspecified atom stereocenters. The van der Waals surface area contributed by atoms with Crippen molar-refractivity contribution in [2.75, 3.05) is 6.54 Å². The molecule has 0 spiro atoms. The van der Waals surface area contributed by atoms with E-state index in [4.69, 9.17) is 5.73 Å². The molecule has 0 saturated heterocycles. The van der Waals surface area contributed by atoms with Crippen LogP contribution in [0.4, 0.5) is 0 Å². The van der Waals surface area contributed by atoms with Crippen LogP contribution in [0.5, 0.6) is 0 Å². The van der Waals surface area contributed by atoms with Crippen molar-refractivity contribution >= 4 is 0 Å². The van der Waals surface area contributed by atoms with E-state index in [9.17, 15) is 0 Å². The van der Waals surface area contributed by atoms with E-state index >= 15 is 0 Å². The van der Waals surface area contributed by atoms with Crippen molar-refractivity contribution in [3.8, 4) is 0 Å². The Morgan fingerprint density at radius 2 is 2.30 bits per heavy atom. The van der Waals surface area contributed by atoms with Gasteiger partial charge in [-0.25, -0.2) is 0 Å². The number of hydrogen-bond acceptors (Lipinski definition) is 1. The molecule has 0 aromatic rings. The predicted molar refractivity (Wildman–Crippen MR) is 42.5 cm³/mol. The Bertz CT molecular complexity index is 155. The van der Waals surface area contributed by atoms with Gasteiger partial charge >= 0.3 is 0 Å². The SMILES string of the molecule is CC1C2CC2CC1(C)CN. The molecule has 0 radical (unpaired) electrons. The van der Waals surface area contributed by atoms with E-state index in [1.54, 1.807) is 0 Å². The zero-order valence-electron chi connectivity index (χ0n) is 6.93. The van der Waals surface area contributed by atoms with Crippen LogP contribution in [-0.2, 0) is 0 Å². The average Bonchev–Trinajstić information content (AvgIpc) is 2.61. The van der Waals surface area contributed by atoms with Gasteiger partial charge in [0.05, 0.1) is 0 Å².